The lowest BCUT2D eigenvalue weighted by molar-refractivity contribution is -0.140. The predicted molar refractivity (Wildman–Crippen MR) is 132 cm³/mol. The van der Waals surface area contributed by atoms with Crippen LogP contribution in [0.25, 0.3) is 10.8 Å². The first-order valence-electron chi connectivity index (χ1n) is 11.7. The van der Waals surface area contributed by atoms with Crippen molar-refractivity contribution in [3.8, 4) is 5.75 Å². The number of carboxylic acids is 1. The van der Waals surface area contributed by atoms with Gasteiger partial charge in [-0.3, -0.25) is 4.79 Å². The molecule has 1 atom stereocenters. The summed E-state index contributed by atoms with van der Waals surface area (Å²) in [5.41, 5.74) is -2.50. The molecule has 3 aromatic rings. The van der Waals surface area contributed by atoms with Crippen LogP contribution in [0.4, 0.5) is 13.2 Å². The van der Waals surface area contributed by atoms with Crippen LogP contribution in [0.3, 0.4) is 0 Å². The van der Waals surface area contributed by atoms with Crippen molar-refractivity contribution < 1.29 is 32.6 Å². The molecule has 1 amide bonds. The molecule has 0 unspecified atom stereocenters. The number of ether oxygens (including phenoxy) is 1. The third kappa shape index (κ3) is 6.32. The number of aliphatic carboxylic acids is 1. The van der Waals surface area contributed by atoms with Crippen molar-refractivity contribution in [1.29, 1.82) is 0 Å². The number of carboxylic acid groups (broad SMARTS) is 1. The van der Waals surface area contributed by atoms with Crippen LogP contribution in [0.1, 0.15) is 47.2 Å². The molecule has 5 nitrogen and oxygen atoms in total. The van der Waals surface area contributed by atoms with Crippen molar-refractivity contribution >= 4 is 34.4 Å². The Morgan fingerprint density at radius 1 is 1.08 bits per heavy atom. The van der Waals surface area contributed by atoms with Gasteiger partial charge in [0, 0.05) is 10.3 Å². The van der Waals surface area contributed by atoms with Crippen LogP contribution in [-0.2, 0) is 11.4 Å². The van der Waals surface area contributed by atoms with E-state index in [0.29, 0.717) is 16.7 Å². The topological polar surface area (TPSA) is 75.6 Å². The highest BCUT2D eigenvalue weighted by Gasteiger charge is 2.33. The van der Waals surface area contributed by atoms with E-state index in [0.717, 1.165) is 36.6 Å². The van der Waals surface area contributed by atoms with Crippen molar-refractivity contribution in [2.45, 2.75) is 55.7 Å². The molecule has 4 rings (SSSR count). The molecule has 0 aromatic heterocycles. The lowest BCUT2D eigenvalue weighted by Gasteiger charge is -2.22. The molecule has 0 saturated heterocycles. The van der Waals surface area contributed by atoms with Gasteiger partial charge in [-0.25, -0.2) is 4.79 Å². The molecule has 0 bridgehead atoms. The number of thioether (sulfide) groups is 1. The quantitative estimate of drug-likeness (QED) is 0.325. The molecule has 0 spiro atoms. The fourth-order valence-electron chi connectivity index (χ4n) is 4.59. The summed E-state index contributed by atoms with van der Waals surface area (Å²) < 4.78 is 43.9. The Morgan fingerprint density at radius 3 is 2.42 bits per heavy atom. The number of alkyl halides is 3. The molecule has 3 aromatic carbocycles. The van der Waals surface area contributed by atoms with Crippen LogP contribution in [-0.4, -0.2) is 28.5 Å². The predicted octanol–water partition coefficient (Wildman–Crippen LogP) is 6.71. The van der Waals surface area contributed by atoms with Crippen LogP contribution < -0.4 is 10.1 Å². The second-order valence-corrected chi connectivity index (χ2v) is 10.1. The number of rotatable bonds is 8. The zero-order chi connectivity index (χ0) is 25.9. The van der Waals surface area contributed by atoms with Crippen LogP contribution in [0.15, 0.2) is 59.5 Å². The number of carbonyl (C=O) groups is 2. The summed E-state index contributed by atoms with van der Waals surface area (Å²) >= 11 is -0.190. The van der Waals surface area contributed by atoms with E-state index in [1.807, 2.05) is 25.1 Å². The second kappa shape index (κ2) is 10.8. The Hall–Kier alpha value is -3.20. The lowest BCUT2D eigenvalue weighted by atomic mass is 9.97. The number of aryl methyl sites for hydroxylation is 1. The molecule has 190 valence electrons. The molecular formula is C27H26F3NO4S. The number of carbonyl (C=O) groups excluding carboxylic acids is 1. The Balaban J connectivity index is 1.60. The van der Waals surface area contributed by atoms with Crippen LogP contribution >= 0.6 is 11.8 Å². The summed E-state index contributed by atoms with van der Waals surface area (Å²) in [6, 6.07) is 13.9. The van der Waals surface area contributed by atoms with Crippen LogP contribution in [0.5, 0.6) is 5.75 Å². The largest absolute Gasteiger partial charge is 0.487 e. The van der Waals surface area contributed by atoms with Gasteiger partial charge in [0.1, 0.15) is 18.4 Å². The minimum Gasteiger partial charge on any atom is -0.487 e. The Morgan fingerprint density at radius 2 is 1.78 bits per heavy atom. The average Bonchev–Trinajstić information content (AvgIpc) is 3.35. The molecule has 36 heavy (non-hydrogen) atoms. The highest BCUT2D eigenvalue weighted by atomic mass is 32.2. The first-order chi connectivity index (χ1) is 17.1. The molecule has 0 aliphatic heterocycles. The minimum absolute atomic E-state index is 0.0230. The second-order valence-electron chi connectivity index (χ2n) is 8.98. The van der Waals surface area contributed by atoms with Crippen molar-refractivity contribution in [2.75, 3.05) is 0 Å². The number of amides is 1. The van der Waals surface area contributed by atoms with E-state index in [9.17, 15) is 27.9 Å². The van der Waals surface area contributed by atoms with E-state index in [2.05, 4.69) is 5.32 Å². The molecule has 1 aliphatic carbocycles. The summed E-state index contributed by atoms with van der Waals surface area (Å²) in [4.78, 5) is 25.2. The van der Waals surface area contributed by atoms with Crippen LogP contribution in [0, 0.1) is 12.8 Å². The molecule has 1 aliphatic rings. The zero-order valence-electron chi connectivity index (χ0n) is 19.6. The summed E-state index contributed by atoms with van der Waals surface area (Å²) in [5.74, 6) is -1.42. The number of nitrogens with one attached hydrogen (secondary N) is 1. The first kappa shape index (κ1) is 25.9. The molecule has 1 saturated carbocycles. The van der Waals surface area contributed by atoms with Gasteiger partial charge in [0.15, 0.2) is 0 Å². The molecule has 0 heterocycles. The molecule has 9 heteroatoms. The van der Waals surface area contributed by atoms with Crippen molar-refractivity contribution in [2.24, 2.45) is 5.92 Å². The maximum atomic E-state index is 13.3. The summed E-state index contributed by atoms with van der Waals surface area (Å²) in [6.45, 7) is 1.97. The van der Waals surface area contributed by atoms with Crippen molar-refractivity contribution in [3.63, 3.8) is 0 Å². The van der Waals surface area contributed by atoms with Gasteiger partial charge in [0.2, 0.25) is 0 Å². The number of fused-ring (bicyclic) bond motifs is 1. The molecule has 2 N–H and O–H groups in total. The fraction of sp³-hybridized carbons (Fsp3) is 0.333. The molecule has 0 radical (unpaired) electrons. The SMILES string of the molecule is Cc1ccc2c(OCc3ccc(SC(F)(F)F)cc3)c(C(=O)N[C@H](C(=O)O)C3CCCC3)ccc2c1. The van der Waals surface area contributed by atoms with Gasteiger partial charge in [0.25, 0.3) is 5.91 Å². The Labute approximate surface area is 211 Å². The number of halogens is 3. The summed E-state index contributed by atoms with van der Waals surface area (Å²) in [7, 11) is 0. The van der Waals surface area contributed by atoms with Gasteiger partial charge in [-0.1, -0.05) is 54.8 Å². The van der Waals surface area contributed by atoms with E-state index in [-0.39, 0.29) is 34.7 Å². The third-order valence-electron chi connectivity index (χ3n) is 6.33. The standard InChI is InChI=1S/C27H26F3NO4S/c1-16-6-12-21-19(14-16)9-13-22(25(32)31-23(26(33)34)18-4-2-3-5-18)24(21)35-15-17-7-10-20(11-8-17)36-27(28,29)30/h6-14,18,23H,2-5,15H2,1H3,(H,31,32)(H,33,34)/t23-/m0/s1. The van der Waals surface area contributed by atoms with Gasteiger partial charge in [-0.15, -0.1) is 0 Å². The molecule has 1 fully saturated rings. The van der Waals surface area contributed by atoms with E-state index in [1.165, 1.54) is 12.1 Å². The normalized spacial score (nSPS) is 15.1. The van der Waals surface area contributed by atoms with Gasteiger partial charge in [0.05, 0.1) is 5.56 Å². The monoisotopic (exact) mass is 517 g/mol. The highest BCUT2D eigenvalue weighted by molar-refractivity contribution is 8.00. The molecular weight excluding hydrogens is 491 g/mol. The Bertz CT molecular complexity index is 1250. The third-order valence-corrected chi connectivity index (χ3v) is 7.07. The van der Waals surface area contributed by atoms with Crippen molar-refractivity contribution in [3.05, 3.63) is 71.3 Å². The van der Waals surface area contributed by atoms with Crippen LogP contribution in [0.2, 0.25) is 0 Å². The van der Waals surface area contributed by atoms with E-state index in [1.54, 1.807) is 24.3 Å². The lowest BCUT2D eigenvalue weighted by Crippen LogP contribution is -2.45. The van der Waals surface area contributed by atoms with E-state index >= 15 is 0 Å². The van der Waals surface area contributed by atoms with E-state index < -0.39 is 23.4 Å². The smallest absolute Gasteiger partial charge is 0.446 e. The Kier molecular flexibility index (Phi) is 7.78. The number of hydrogen-bond acceptors (Lipinski definition) is 4. The van der Waals surface area contributed by atoms with Gasteiger partial charge >= 0.3 is 11.5 Å². The fourth-order valence-corrected chi connectivity index (χ4v) is 5.13. The zero-order valence-corrected chi connectivity index (χ0v) is 20.4. The minimum atomic E-state index is -4.37. The number of hydrogen-bond donors (Lipinski definition) is 2. The van der Waals surface area contributed by atoms with E-state index in [4.69, 9.17) is 4.74 Å². The van der Waals surface area contributed by atoms with Gasteiger partial charge in [-0.2, -0.15) is 13.2 Å². The summed E-state index contributed by atoms with van der Waals surface area (Å²) in [6.07, 6.45) is 3.38. The maximum Gasteiger partial charge on any atom is 0.446 e. The highest BCUT2D eigenvalue weighted by Crippen LogP contribution is 2.37. The maximum absolute atomic E-state index is 13.3. The van der Waals surface area contributed by atoms with Gasteiger partial charge < -0.3 is 15.2 Å². The average molecular weight is 518 g/mol. The van der Waals surface area contributed by atoms with Crippen molar-refractivity contribution in [1.82, 2.24) is 5.32 Å². The van der Waals surface area contributed by atoms with Gasteiger partial charge in [-0.05, 0) is 66.6 Å². The first-order valence-corrected chi connectivity index (χ1v) is 12.5. The number of benzene rings is 3. The summed E-state index contributed by atoms with van der Waals surface area (Å²) in [5, 5.41) is 14.0.